The van der Waals surface area contributed by atoms with Crippen LogP contribution in [0.1, 0.15) is 25.0 Å². The average molecular weight is 419 g/mol. The van der Waals surface area contributed by atoms with Crippen LogP contribution in [0.4, 0.5) is 0 Å². The number of rotatable bonds is 4. The lowest BCUT2D eigenvalue weighted by Gasteiger charge is -2.11. The van der Waals surface area contributed by atoms with Crippen LogP contribution in [0.15, 0.2) is 59.6 Å². The molecule has 2 rings (SSSR count). The molecule has 2 aromatic rings. The highest BCUT2D eigenvalue weighted by molar-refractivity contribution is 7.78. The highest BCUT2D eigenvalue weighted by Crippen LogP contribution is 2.16. The standard InChI is InChI=1S/C16H17ClN2.C3H4.C2H7N.CH3NS/c1-12(18-2)19-16(13-7-4-3-5-8-13)14-9-6-10-15(17)11-14;2*1-3-2;2-1-3/h3-12,18H,1-2H3;1H,2H3;3H,1-2H3;1H,(H2,2,3)/b19-16-;;;. The zero-order valence-corrected chi connectivity index (χ0v) is 18.8. The van der Waals surface area contributed by atoms with Crippen LogP contribution in [0.5, 0.6) is 0 Å². The molecule has 152 valence electrons. The van der Waals surface area contributed by atoms with Gasteiger partial charge in [-0.05, 0) is 47.1 Å². The Balaban J connectivity index is 0. The van der Waals surface area contributed by atoms with Crippen molar-refractivity contribution in [2.75, 3.05) is 21.1 Å². The first kappa shape index (κ1) is 28.0. The summed E-state index contributed by atoms with van der Waals surface area (Å²) in [6, 6.07) is 17.9. The molecule has 2 aromatic carbocycles. The van der Waals surface area contributed by atoms with Gasteiger partial charge in [-0.25, -0.2) is 0 Å². The zero-order chi connectivity index (χ0) is 21.8. The fourth-order valence-corrected chi connectivity index (χ4v) is 2.00. The van der Waals surface area contributed by atoms with Gasteiger partial charge in [0.15, 0.2) is 0 Å². The van der Waals surface area contributed by atoms with Crippen molar-refractivity contribution in [3.63, 3.8) is 0 Å². The molecule has 28 heavy (non-hydrogen) atoms. The largest absolute Gasteiger partial charge is 0.396 e. The third kappa shape index (κ3) is 13.9. The average Bonchev–Trinajstić information content (AvgIpc) is 2.68. The Morgan fingerprint density at radius 2 is 1.61 bits per heavy atom. The minimum Gasteiger partial charge on any atom is -0.396 e. The van der Waals surface area contributed by atoms with E-state index in [-0.39, 0.29) is 6.17 Å². The minimum atomic E-state index is 0.0502. The Labute approximate surface area is 180 Å². The van der Waals surface area contributed by atoms with Crippen molar-refractivity contribution < 1.29 is 0 Å². The van der Waals surface area contributed by atoms with E-state index in [1.54, 1.807) is 6.92 Å². The Morgan fingerprint density at radius 1 is 1.14 bits per heavy atom. The third-order valence-electron chi connectivity index (χ3n) is 2.89. The number of nitrogens with one attached hydrogen (secondary N) is 2. The SMILES string of the molecule is C#CC.CNC.CNC(C)/N=C(/c1ccccc1)c1cccc(Cl)c1.NC=S. The summed E-state index contributed by atoms with van der Waals surface area (Å²) in [6.45, 7) is 3.67. The number of hydrogen-bond donors (Lipinski definition) is 3. The quantitative estimate of drug-likeness (QED) is 0.397. The van der Waals surface area contributed by atoms with Crippen molar-refractivity contribution in [1.29, 1.82) is 0 Å². The second kappa shape index (κ2) is 19.5. The first-order chi connectivity index (χ1) is 13.4. The van der Waals surface area contributed by atoms with Crippen molar-refractivity contribution in [3.05, 3.63) is 70.7 Å². The van der Waals surface area contributed by atoms with Gasteiger partial charge in [0.25, 0.3) is 0 Å². The van der Waals surface area contributed by atoms with Gasteiger partial charge in [0.2, 0.25) is 0 Å². The second-order valence-electron chi connectivity index (χ2n) is 5.24. The third-order valence-corrected chi connectivity index (χ3v) is 3.12. The molecule has 0 radical (unpaired) electrons. The summed E-state index contributed by atoms with van der Waals surface area (Å²) in [5, 5.41) is 6.60. The van der Waals surface area contributed by atoms with Crippen molar-refractivity contribution in [2.24, 2.45) is 10.7 Å². The van der Waals surface area contributed by atoms with Crippen LogP contribution in [0.3, 0.4) is 0 Å². The van der Waals surface area contributed by atoms with E-state index in [1.807, 2.05) is 70.5 Å². The number of thiocarbonyl (C=S) groups is 1. The van der Waals surface area contributed by atoms with E-state index < -0.39 is 0 Å². The van der Waals surface area contributed by atoms with Crippen molar-refractivity contribution in [3.8, 4) is 12.3 Å². The molecular formula is C22H31ClN4S. The van der Waals surface area contributed by atoms with Gasteiger partial charge in [0.1, 0.15) is 0 Å². The smallest absolute Gasteiger partial charge is 0.0970 e. The van der Waals surface area contributed by atoms with E-state index in [9.17, 15) is 0 Å². The van der Waals surface area contributed by atoms with Gasteiger partial charge in [-0.3, -0.25) is 10.3 Å². The molecule has 0 bridgehead atoms. The maximum absolute atomic E-state index is 6.08. The van der Waals surface area contributed by atoms with E-state index in [1.165, 1.54) is 0 Å². The van der Waals surface area contributed by atoms with Gasteiger partial charge in [-0.2, -0.15) is 0 Å². The van der Waals surface area contributed by atoms with E-state index in [4.69, 9.17) is 16.6 Å². The molecule has 0 spiro atoms. The molecule has 4 N–H and O–H groups in total. The fourth-order valence-electron chi connectivity index (χ4n) is 1.81. The van der Waals surface area contributed by atoms with Crippen molar-refractivity contribution >= 4 is 35.0 Å². The van der Waals surface area contributed by atoms with E-state index >= 15 is 0 Å². The number of terminal acetylenes is 1. The number of halogens is 1. The monoisotopic (exact) mass is 418 g/mol. The Morgan fingerprint density at radius 3 is 2.04 bits per heavy atom. The topological polar surface area (TPSA) is 62.4 Å². The highest BCUT2D eigenvalue weighted by atomic mass is 35.5. The summed E-state index contributed by atoms with van der Waals surface area (Å²) in [6.07, 6.45) is 4.65. The molecule has 0 heterocycles. The summed E-state index contributed by atoms with van der Waals surface area (Å²) < 4.78 is 0. The molecule has 0 aliphatic heterocycles. The Hall–Kier alpha value is -2.23. The van der Waals surface area contributed by atoms with Crippen LogP contribution in [0, 0.1) is 12.3 Å². The van der Waals surface area contributed by atoms with Crippen molar-refractivity contribution in [2.45, 2.75) is 20.0 Å². The molecule has 0 fully saturated rings. The Kier molecular flexibility index (Phi) is 19.5. The van der Waals surface area contributed by atoms with Gasteiger partial charge >= 0.3 is 0 Å². The molecule has 0 amide bonds. The summed E-state index contributed by atoms with van der Waals surface area (Å²) in [7, 11) is 5.65. The van der Waals surface area contributed by atoms with E-state index in [0.717, 1.165) is 27.4 Å². The van der Waals surface area contributed by atoms with Crippen LogP contribution in [0.2, 0.25) is 5.02 Å². The lowest BCUT2D eigenvalue weighted by molar-refractivity contribution is 0.642. The van der Waals surface area contributed by atoms with Gasteiger partial charge in [0, 0.05) is 16.1 Å². The van der Waals surface area contributed by atoms with Gasteiger partial charge < -0.3 is 11.1 Å². The maximum Gasteiger partial charge on any atom is 0.0970 e. The van der Waals surface area contributed by atoms with Crippen LogP contribution in [-0.4, -0.2) is 38.5 Å². The fraction of sp³-hybridized carbons (Fsp3) is 0.273. The molecule has 6 heteroatoms. The number of hydrogen-bond acceptors (Lipinski definition) is 4. The van der Waals surface area contributed by atoms with Gasteiger partial charge in [-0.15, -0.1) is 12.3 Å². The van der Waals surface area contributed by atoms with Crippen LogP contribution in [0.25, 0.3) is 0 Å². The predicted octanol–water partition coefficient (Wildman–Crippen LogP) is 4.12. The lowest BCUT2D eigenvalue weighted by atomic mass is 10.0. The molecule has 1 unspecified atom stereocenters. The first-order valence-electron chi connectivity index (χ1n) is 8.63. The maximum atomic E-state index is 6.08. The molecule has 0 aliphatic rings. The van der Waals surface area contributed by atoms with Gasteiger partial charge in [-0.1, -0.05) is 66.3 Å². The summed E-state index contributed by atoms with van der Waals surface area (Å²) in [4.78, 5) is 4.72. The van der Waals surface area contributed by atoms with E-state index in [2.05, 4.69) is 53.1 Å². The predicted molar refractivity (Wildman–Crippen MR) is 129 cm³/mol. The molecule has 4 nitrogen and oxygen atoms in total. The van der Waals surface area contributed by atoms with Crippen LogP contribution >= 0.6 is 23.8 Å². The van der Waals surface area contributed by atoms with Crippen LogP contribution in [-0.2, 0) is 0 Å². The molecule has 1 atom stereocenters. The Bertz CT molecular complexity index is 712. The normalized spacial score (nSPS) is 10.4. The molecular weight excluding hydrogens is 388 g/mol. The summed E-state index contributed by atoms with van der Waals surface area (Å²) in [5.74, 6) is 2.25. The molecule has 0 aromatic heterocycles. The number of nitrogens with zero attached hydrogens (tertiary/aromatic N) is 1. The van der Waals surface area contributed by atoms with Crippen molar-refractivity contribution in [1.82, 2.24) is 10.6 Å². The second-order valence-corrected chi connectivity index (χ2v) is 5.95. The first-order valence-corrected chi connectivity index (χ1v) is 9.48. The summed E-state index contributed by atoms with van der Waals surface area (Å²) in [5.41, 5.74) is 8.69. The zero-order valence-electron chi connectivity index (χ0n) is 17.2. The lowest BCUT2D eigenvalue weighted by Crippen LogP contribution is -2.21. The van der Waals surface area contributed by atoms with Crippen LogP contribution < -0.4 is 16.4 Å². The summed E-state index contributed by atoms with van der Waals surface area (Å²) >= 11 is 10.1. The minimum absolute atomic E-state index is 0.0502. The number of nitrogens with two attached hydrogens (primary N) is 1. The van der Waals surface area contributed by atoms with Gasteiger partial charge in [0.05, 0.1) is 17.4 Å². The molecule has 0 aliphatic carbocycles. The highest BCUT2D eigenvalue weighted by Gasteiger charge is 2.08. The molecule has 0 saturated heterocycles. The number of benzene rings is 2. The number of aliphatic imine (C=N–C) groups is 1. The molecule has 0 saturated carbocycles. The van der Waals surface area contributed by atoms with E-state index in [0.29, 0.717) is 0 Å².